The van der Waals surface area contributed by atoms with Crippen molar-refractivity contribution in [3.63, 3.8) is 0 Å². The molecule has 0 aromatic rings. The Kier molecular flexibility index (Phi) is 4.00. The summed E-state index contributed by atoms with van der Waals surface area (Å²) in [7, 11) is 1.41. The number of amides is 1. The molecule has 6 nitrogen and oxygen atoms in total. The zero-order valence-corrected chi connectivity index (χ0v) is 7.93. The molecule has 1 N–H and O–H groups in total. The van der Waals surface area contributed by atoms with E-state index in [-0.39, 0.29) is 11.7 Å². The van der Waals surface area contributed by atoms with Crippen LogP contribution in [0.2, 0.25) is 0 Å². The van der Waals surface area contributed by atoms with Gasteiger partial charge in [-0.05, 0) is 5.16 Å². The van der Waals surface area contributed by atoms with Gasteiger partial charge >= 0.3 is 6.09 Å². The monoisotopic (exact) mass is 206 g/mol. The van der Waals surface area contributed by atoms with Gasteiger partial charge < -0.3 is 14.6 Å². The number of rotatable bonds is 1. The van der Waals surface area contributed by atoms with E-state index < -0.39 is 17.3 Å². The van der Waals surface area contributed by atoms with E-state index in [2.05, 4.69) is 15.3 Å². The Hall–Kier alpha value is -0.790. The van der Waals surface area contributed by atoms with Crippen LogP contribution in [0.5, 0.6) is 0 Å². The third-order valence-electron chi connectivity index (χ3n) is 1.34. The molecule has 7 heteroatoms. The molecule has 0 aliphatic carbocycles. The van der Waals surface area contributed by atoms with Crippen LogP contribution in [0, 0.1) is 0 Å². The van der Waals surface area contributed by atoms with Gasteiger partial charge in [-0.2, -0.15) is 0 Å². The number of oxime groups is 1. The number of ether oxygens (including phenoxy) is 1. The highest BCUT2D eigenvalue weighted by Crippen LogP contribution is 2.03. The molecule has 1 rings (SSSR count). The summed E-state index contributed by atoms with van der Waals surface area (Å²) in [5.74, 6) is 0.399. The fraction of sp³-hybridized carbons (Fsp3) is 0.667. The Morgan fingerprint density at radius 3 is 3.23 bits per heavy atom. The van der Waals surface area contributed by atoms with Gasteiger partial charge in [0.2, 0.25) is 0 Å². The number of hydrogen-bond donors (Lipinski definition) is 1. The maximum atomic E-state index is 11.2. The summed E-state index contributed by atoms with van der Waals surface area (Å²) in [6, 6.07) is 0. The van der Waals surface area contributed by atoms with Crippen LogP contribution in [0.1, 0.15) is 0 Å². The van der Waals surface area contributed by atoms with Crippen molar-refractivity contribution in [1.82, 2.24) is 5.32 Å². The lowest BCUT2D eigenvalue weighted by atomic mass is 10.7. The topological polar surface area (TPSA) is 83.0 Å². The minimum absolute atomic E-state index is 0.156. The Morgan fingerprint density at radius 2 is 2.62 bits per heavy atom. The van der Waals surface area contributed by atoms with Gasteiger partial charge in [-0.1, -0.05) is 0 Å². The summed E-state index contributed by atoms with van der Waals surface area (Å²) in [4.78, 5) is 14.9. The maximum absolute atomic E-state index is 11.2. The summed E-state index contributed by atoms with van der Waals surface area (Å²) in [6.45, 7) is 0.606. The van der Waals surface area contributed by atoms with Crippen LogP contribution in [0.25, 0.3) is 0 Å². The molecule has 0 aromatic carbocycles. The highest BCUT2D eigenvalue weighted by atomic mass is 32.2. The van der Waals surface area contributed by atoms with Crippen molar-refractivity contribution in [3.05, 3.63) is 0 Å². The molecule has 0 aromatic heterocycles. The lowest BCUT2D eigenvalue weighted by Crippen LogP contribution is -2.32. The first-order valence-electron chi connectivity index (χ1n) is 3.65. The number of nitrogens with one attached hydrogen (secondary N) is 1. The number of carbonyl (C=O) groups is 1. The predicted octanol–water partition coefficient (Wildman–Crippen LogP) is -0.565. The number of carbonyl (C=O) groups excluding carboxylic acids is 1. The average molecular weight is 206 g/mol. The smallest absolute Gasteiger partial charge is 0.433 e. The molecule has 0 bridgehead atoms. The zero-order chi connectivity index (χ0) is 9.68. The van der Waals surface area contributed by atoms with Gasteiger partial charge in [0, 0.05) is 18.2 Å². The van der Waals surface area contributed by atoms with E-state index in [4.69, 9.17) is 4.74 Å². The largest absolute Gasteiger partial charge is 0.610 e. The minimum Gasteiger partial charge on any atom is -0.610 e. The number of nitrogens with zero attached hydrogens (tertiary/aromatic N) is 1. The summed E-state index contributed by atoms with van der Waals surface area (Å²) < 4.78 is 16.2. The average Bonchev–Trinajstić information content (AvgIpc) is 2.16. The van der Waals surface area contributed by atoms with Gasteiger partial charge in [-0.25, -0.2) is 4.79 Å². The molecule has 0 spiro atoms. The molecule has 1 saturated heterocycles. The van der Waals surface area contributed by atoms with Crippen LogP contribution in [0.3, 0.4) is 0 Å². The molecular formula is C6H10N2O4S. The van der Waals surface area contributed by atoms with Crippen molar-refractivity contribution in [2.24, 2.45) is 5.16 Å². The van der Waals surface area contributed by atoms with Gasteiger partial charge in [0.05, 0.1) is 6.61 Å². The summed E-state index contributed by atoms with van der Waals surface area (Å²) in [5.41, 5.74) is 0. The van der Waals surface area contributed by atoms with Crippen molar-refractivity contribution < 1.29 is 18.9 Å². The van der Waals surface area contributed by atoms with E-state index >= 15 is 0 Å². The van der Waals surface area contributed by atoms with Crippen LogP contribution >= 0.6 is 0 Å². The first kappa shape index (κ1) is 10.3. The van der Waals surface area contributed by atoms with E-state index in [1.165, 1.54) is 7.05 Å². The van der Waals surface area contributed by atoms with Gasteiger partial charge in [0.1, 0.15) is 12.4 Å². The molecular weight excluding hydrogens is 196 g/mol. The Bertz CT molecular complexity index is 221. The SMILES string of the molecule is CNC(=O)ON=C1COCC[S+]1[O-]. The first-order valence-corrected chi connectivity index (χ1v) is 4.97. The molecule has 1 aliphatic heterocycles. The summed E-state index contributed by atoms with van der Waals surface area (Å²) in [6.07, 6.45) is -0.685. The van der Waals surface area contributed by atoms with Crippen LogP contribution < -0.4 is 5.32 Å². The van der Waals surface area contributed by atoms with E-state index in [1.54, 1.807) is 0 Å². The normalized spacial score (nSPS) is 25.7. The predicted molar refractivity (Wildman–Crippen MR) is 46.8 cm³/mol. The first-order chi connectivity index (χ1) is 6.24. The second kappa shape index (κ2) is 5.05. The third-order valence-corrected chi connectivity index (χ3v) is 2.59. The fourth-order valence-electron chi connectivity index (χ4n) is 0.684. The Balaban J connectivity index is 2.43. The fourth-order valence-corrected chi connectivity index (χ4v) is 1.52. The van der Waals surface area contributed by atoms with E-state index in [0.29, 0.717) is 12.4 Å². The van der Waals surface area contributed by atoms with Crippen LogP contribution in [0.15, 0.2) is 5.16 Å². The highest BCUT2D eigenvalue weighted by molar-refractivity contribution is 8.06. The molecule has 74 valence electrons. The van der Waals surface area contributed by atoms with Crippen LogP contribution in [-0.4, -0.2) is 41.7 Å². The van der Waals surface area contributed by atoms with Gasteiger partial charge in [-0.15, -0.1) is 0 Å². The molecule has 0 radical (unpaired) electrons. The molecule has 0 saturated carbocycles. The second-order valence-electron chi connectivity index (χ2n) is 2.22. The van der Waals surface area contributed by atoms with Gasteiger partial charge in [0.25, 0.3) is 5.04 Å². The van der Waals surface area contributed by atoms with E-state index in [9.17, 15) is 9.35 Å². The van der Waals surface area contributed by atoms with Crippen LogP contribution in [-0.2, 0) is 20.8 Å². The molecule has 1 atom stereocenters. The maximum Gasteiger partial charge on any atom is 0.433 e. The molecule has 13 heavy (non-hydrogen) atoms. The van der Waals surface area contributed by atoms with Crippen molar-refractivity contribution >= 4 is 22.3 Å². The van der Waals surface area contributed by atoms with E-state index in [1.807, 2.05) is 0 Å². The molecule has 1 amide bonds. The Labute approximate surface area is 78.4 Å². The Morgan fingerprint density at radius 1 is 1.85 bits per heavy atom. The molecule has 1 heterocycles. The van der Waals surface area contributed by atoms with Crippen molar-refractivity contribution in [1.29, 1.82) is 0 Å². The molecule has 1 fully saturated rings. The summed E-state index contributed by atoms with van der Waals surface area (Å²) >= 11 is -1.18. The standard InChI is InChI=1S/C6H10N2O4S/c1-7-6(9)12-8-5-4-11-2-3-13(5)10/h2-4H2,1H3,(H,7,9). The lowest BCUT2D eigenvalue weighted by Gasteiger charge is -2.16. The third kappa shape index (κ3) is 3.21. The van der Waals surface area contributed by atoms with Crippen LogP contribution in [0.4, 0.5) is 4.79 Å². The van der Waals surface area contributed by atoms with Crippen molar-refractivity contribution in [2.75, 3.05) is 26.0 Å². The highest BCUT2D eigenvalue weighted by Gasteiger charge is 2.23. The van der Waals surface area contributed by atoms with Crippen molar-refractivity contribution in [3.8, 4) is 0 Å². The second-order valence-corrected chi connectivity index (χ2v) is 3.79. The molecule has 1 unspecified atom stereocenters. The van der Waals surface area contributed by atoms with Gasteiger partial charge in [0.15, 0.2) is 0 Å². The van der Waals surface area contributed by atoms with Crippen molar-refractivity contribution in [2.45, 2.75) is 0 Å². The van der Waals surface area contributed by atoms with Gasteiger partial charge in [-0.3, -0.25) is 4.84 Å². The van der Waals surface area contributed by atoms with E-state index in [0.717, 1.165) is 0 Å². The minimum atomic E-state index is -1.18. The molecule has 1 aliphatic rings. The number of hydrogen-bond acceptors (Lipinski definition) is 5. The summed E-state index contributed by atoms with van der Waals surface area (Å²) in [5, 5.41) is 5.88. The quantitative estimate of drug-likeness (QED) is 0.354. The zero-order valence-electron chi connectivity index (χ0n) is 7.11. The lowest BCUT2D eigenvalue weighted by molar-refractivity contribution is 0.148.